The van der Waals surface area contributed by atoms with Crippen molar-refractivity contribution in [3.8, 4) is 0 Å². The van der Waals surface area contributed by atoms with E-state index >= 15 is 0 Å². The van der Waals surface area contributed by atoms with E-state index in [2.05, 4.69) is 5.32 Å². The summed E-state index contributed by atoms with van der Waals surface area (Å²) in [5, 5.41) is 12.4. The van der Waals surface area contributed by atoms with E-state index in [0.29, 0.717) is 35.1 Å². The smallest absolute Gasteiger partial charge is 0.326 e. The van der Waals surface area contributed by atoms with Crippen molar-refractivity contribution in [3.05, 3.63) is 28.2 Å². The first kappa shape index (κ1) is 14.0. The van der Waals surface area contributed by atoms with Gasteiger partial charge in [0.2, 0.25) is 0 Å². The van der Waals surface area contributed by atoms with E-state index in [9.17, 15) is 9.59 Å². The molecule has 102 valence electrons. The van der Waals surface area contributed by atoms with Gasteiger partial charge in [0, 0.05) is 12.2 Å². The quantitative estimate of drug-likeness (QED) is 0.882. The largest absolute Gasteiger partial charge is 0.480 e. The first-order valence-corrected chi connectivity index (χ1v) is 6.50. The van der Waals surface area contributed by atoms with Gasteiger partial charge in [-0.1, -0.05) is 23.2 Å². The number of urea groups is 1. The number of anilines is 1. The third-order valence-corrected chi connectivity index (χ3v) is 3.71. The summed E-state index contributed by atoms with van der Waals surface area (Å²) < 4.78 is 0. The minimum absolute atomic E-state index is 0.329. The maximum absolute atomic E-state index is 12.0. The van der Waals surface area contributed by atoms with Crippen LogP contribution in [-0.4, -0.2) is 34.6 Å². The molecule has 0 saturated carbocycles. The minimum atomic E-state index is -0.984. The molecule has 0 radical (unpaired) electrons. The molecule has 1 fully saturated rings. The molecule has 1 heterocycles. The van der Waals surface area contributed by atoms with Crippen LogP contribution < -0.4 is 5.32 Å². The van der Waals surface area contributed by atoms with Crippen molar-refractivity contribution in [2.24, 2.45) is 0 Å². The molecule has 0 bridgehead atoms. The maximum atomic E-state index is 12.0. The van der Waals surface area contributed by atoms with Crippen molar-refractivity contribution in [2.75, 3.05) is 11.9 Å². The number of rotatable bonds is 2. The fourth-order valence-corrected chi connectivity index (χ4v) is 2.33. The molecule has 0 aromatic heterocycles. The lowest BCUT2D eigenvalue weighted by molar-refractivity contribution is -0.141. The summed E-state index contributed by atoms with van der Waals surface area (Å²) in [6.07, 6.45) is 1.16. The Labute approximate surface area is 120 Å². The van der Waals surface area contributed by atoms with Crippen molar-refractivity contribution < 1.29 is 14.7 Å². The lowest BCUT2D eigenvalue weighted by Gasteiger charge is -2.21. The van der Waals surface area contributed by atoms with Gasteiger partial charge in [0.1, 0.15) is 6.04 Å². The standard InChI is InChI=1S/C12H12Cl2N2O3/c13-8-4-3-7(6-9(8)14)15-12(19)16-5-1-2-10(16)11(17)18/h3-4,6,10H,1-2,5H2,(H,15,19)(H,17,18). The van der Waals surface area contributed by atoms with Crippen LogP contribution in [0.4, 0.5) is 10.5 Å². The summed E-state index contributed by atoms with van der Waals surface area (Å²) in [7, 11) is 0. The molecule has 1 aromatic carbocycles. The molecule has 1 saturated heterocycles. The van der Waals surface area contributed by atoms with Crippen molar-refractivity contribution >= 4 is 40.9 Å². The monoisotopic (exact) mass is 302 g/mol. The normalized spacial score (nSPS) is 18.4. The Kier molecular flexibility index (Phi) is 4.17. The van der Waals surface area contributed by atoms with Crippen LogP contribution in [-0.2, 0) is 4.79 Å². The molecule has 2 N–H and O–H groups in total. The highest BCUT2D eigenvalue weighted by molar-refractivity contribution is 6.42. The van der Waals surface area contributed by atoms with E-state index < -0.39 is 18.0 Å². The van der Waals surface area contributed by atoms with Crippen molar-refractivity contribution in [2.45, 2.75) is 18.9 Å². The van der Waals surface area contributed by atoms with Gasteiger partial charge < -0.3 is 15.3 Å². The topological polar surface area (TPSA) is 69.6 Å². The molecule has 0 aliphatic carbocycles. The van der Waals surface area contributed by atoms with Crippen LogP contribution >= 0.6 is 23.2 Å². The molecule has 2 rings (SSSR count). The number of carbonyl (C=O) groups excluding carboxylic acids is 1. The first-order valence-electron chi connectivity index (χ1n) is 5.74. The summed E-state index contributed by atoms with van der Waals surface area (Å²) in [4.78, 5) is 24.3. The van der Waals surface area contributed by atoms with Gasteiger partial charge in [0.15, 0.2) is 0 Å². The zero-order valence-electron chi connectivity index (χ0n) is 9.90. The Balaban J connectivity index is 2.08. The van der Waals surface area contributed by atoms with Gasteiger partial charge in [-0.2, -0.15) is 0 Å². The van der Waals surface area contributed by atoms with Crippen LogP contribution in [0.1, 0.15) is 12.8 Å². The van der Waals surface area contributed by atoms with E-state index in [1.54, 1.807) is 12.1 Å². The molecule has 5 nitrogen and oxygen atoms in total. The summed E-state index contributed by atoms with van der Waals surface area (Å²) >= 11 is 11.6. The lowest BCUT2D eigenvalue weighted by atomic mass is 10.2. The van der Waals surface area contributed by atoms with Crippen LogP contribution in [0.5, 0.6) is 0 Å². The van der Waals surface area contributed by atoms with Crippen molar-refractivity contribution in [1.82, 2.24) is 4.90 Å². The van der Waals surface area contributed by atoms with Gasteiger partial charge in [0.05, 0.1) is 10.0 Å². The minimum Gasteiger partial charge on any atom is -0.480 e. The average molecular weight is 303 g/mol. The van der Waals surface area contributed by atoms with E-state index in [-0.39, 0.29) is 0 Å². The maximum Gasteiger partial charge on any atom is 0.326 e. The number of amides is 2. The molecule has 0 spiro atoms. The third kappa shape index (κ3) is 3.11. The molecular formula is C12H12Cl2N2O3. The Morgan fingerprint density at radius 1 is 1.32 bits per heavy atom. The van der Waals surface area contributed by atoms with Gasteiger partial charge in [-0.15, -0.1) is 0 Å². The van der Waals surface area contributed by atoms with E-state index in [1.807, 2.05) is 0 Å². The molecule has 2 amide bonds. The van der Waals surface area contributed by atoms with Crippen LogP contribution in [0.25, 0.3) is 0 Å². The van der Waals surface area contributed by atoms with E-state index in [4.69, 9.17) is 28.3 Å². The van der Waals surface area contributed by atoms with Gasteiger partial charge >= 0.3 is 12.0 Å². The number of aliphatic carboxylic acids is 1. The number of carboxylic acid groups (broad SMARTS) is 1. The molecule has 19 heavy (non-hydrogen) atoms. The highest BCUT2D eigenvalue weighted by Crippen LogP contribution is 2.26. The summed E-state index contributed by atoms with van der Waals surface area (Å²) in [5.74, 6) is -0.984. The van der Waals surface area contributed by atoms with Crippen LogP contribution in [0.2, 0.25) is 10.0 Å². The number of benzene rings is 1. The fourth-order valence-electron chi connectivity index (χ4n) is 2.04. The second-order valence-corrected chi connectivity index (χ2v) is 5.06. The number of likely N-dealkylation sites (tertiary alicyclic amines) is 1. The fraction of sp³-hybridized carbons (Fsp3) is 0.333. The Morgan fingerprint density at radius 3 is 2.68 bits per heavy atom. The number of carboxylic acids is 1. The summed E-state index contributed by atoms with van der Waals surface area (Å²) in [5.41, 5.74) is 0.482. The zero-order valence-corrected chi connectivity index (χ0v) is 11.4. The SMILES string of the molecule is O=C(O)C1CCCN1C(=O)Nc1ccc(Cl)c(Cl)c1. The van der Waals surface area contributed by atoms with Gasteiger partial charge in [-0.25, -0.2) is 9.59 Å². The number of hydrogen-bond acceptors (Lipinski definition) is 2. The van der Waals surface area contributed by atoms with Crippen molar-refractivity contribution in [3.63, 3.8) is 0 Å². The Bertz CT molecular complexity index is 522. The number of carbonyl (C=O) groups is 2. The molecule has 1 aliphatic rings. The van der Waals surface area contributed by atoms with E-state index in [0.717, 1.165) is 0 Å². The van der Waals surface area contributed by atoms with Gasteiger partial charge in [0.25, 0.3) is 0 Å². The number of nitrogens with zero attached hydrogens (tertiary/aromatic N) is 1. The molecule has 1 atom stereocenters. The van der Waals surface area contributed by atoms with E-state index in [1.165, 1.54) is 11.0 Å². The summed E-state index contributed by atoms with van der Waals surface area (Å²) in [6.45, 7) is 0.435. The molecule has 1 unspecified atom stereocenters. The Morgan fingerprint density at radius 2 is 2.05 bits per heavy atom. The van der Waals surface area contributed by atoms with Gasteiger partial charge in [-0.05, 0) is 31.0 Å². The third-order valence-electron chi connectivity index (χ3n) is 2.97. The van der Waals surface area contributed by atoms with Gasteiger partial charge in [-0.3, -0.25) is 0 Å². The second kappa shape index (κ2) is 5.67. The van der Waals surface area contributed by atoms with Crippen LogP contribution in [0.3, 0.4) is 0 Å². The second-order valence-electron chi connectivity index (χ2n) is 4.25. The summed E-state index contributed by atoms with van der Waals surface area (Å²) in [6, 6.07) is 3.50. The zero-order chi connectivity index (χ0) is 14.0. The number of halogens is 2. The van der Waals surface area contributed by atoms with Crippen LogP contribution in [0, 0.1) is 0 Å². The molecule has 1 aromatic rings. The number of hydrogen-bond donors (Lipinski definition) is 2. The highest BCUT2D eigenvalue weighted by atomic mass is 35.5. The Hall–Kier alpha value is -1.46. The molecular weight excluding hydrogens is 291 g/mol. The van der Waals surface area contributed by atoms with Crippen molar-refractivity contribution in [1.29, 1.82) is 0 Å². The first-order chi connectivity index (χ1) is 8.99. The lowest BCUT2D eigenvalue weighted by Crippen LogP contribution is -2.42. The average Bonchev–Trinajstić information content (AvgIpc) is 2.83. The molecule has 1 aliphatic heterocycles. The molecule has 7 heteroatoms. The van der Waals surface area contributed by atoms with Crippen LogP contribution in [0.15, 0.2) is 18.2 Å². The predicted molar refractivity (Wildman–Crippen MR) is 72.8 cm³/mol. The number of nitrogens with one attached hydrogen (secondary N) is 1. The predicted octanol–water partition coefficient (Wildman–Crippen LogP) is 3.07. The highest BCUT2D eigenvalue weighted by Gasteiger charge is 2.33.